The van der Waals surface area contributed by atoms with Gasteiger partial charge in [-0.15, -0.1) is 0 Å². The van der Waals surface area contributed by atoms with E-state index in [1.54, 1.807) is 0 Å². The number of benzene rings is 1. The zero-order valence-corrected chi connectivity index (χ0v) is 23.7. The number of carbonyl (C=O) groups is 1. The lowest BCUT2D eigenvalue weighted by Gasteiger charge is -2.42. The lowest BCUT2D eigenvalue weighted by molar-refractivity contribution is 0.0580. The molecule has 3 saturated heterocycles. The summed E-state index contributed by atoms with van der Waals surface area (Å²) in [5.41, 5.74) is 0.751. The second kappa shape index (κ2) is 14.0. The third-order valence-electron chi connectivity index (χ3n) is 8.49. The molecule has 1 atom stereocenters. The Labute approximate surface area is 234 Å². The second-order valence-electron chi connectivity index (χ2n) is 11.4. The van der Waals surface area contributed by atoms with Gasteiger partial charge in [0, 0.05) is 56.6 Å². The molecule has 0 radical (unpaired) electrons. The first-order chi connectivity index (χ1) is 19.2. The van der Waals surface area contributed by atoms with Crippen molar-refractivity contribution in [2.75, 3.05) is 56.1 Å². The SMILES string of the molecule is CCCCOc1ccc(C(=O)N2CCC(N3CCCC(Nc4nccc(N5CCCCCC5)n4)C3)CC2)cc1. The van der Waals surface area contributed by atoms with Gasteiger partial charge < -0.3 is 19.9 Å². The molecule has 0 spiro atoms. The van der Waals surface area contributed by atoms with Gasteiger partial charge in [0.05, 0.1) is 6.61 Å². The van der Waals surface area contributed by atoms with Crippen LogP contribution in [0.3, 0.4) is 0 Å². The van der Waals surface area contributed by atoms with Gasteiger partial charge in [0.15, 0.2) is 0 Å². The summed E-state index contributed by atoms with van der Waals surface area (Å²) in [6.07, 6.45) is 13.6. The highest BCUT2D eigenvalue weighted by molar-refractivity contribution is 5.94. The smallest absolute Gasteiger partial charge is 0.253 e. The third kappa shape index (κ3) is 7.62. The standard InChI is InChI=1S/C31H46N6O2/c1-2-3-23-39-28-12-10-25(11-13-28)30(38)36-21-15-27(16-22-36)37-20-8-9-26(24-37)33-31-32-17-14-29(34-31)35-18-6-4-5-7-19-35/h10-14,17,26-27H,2-9,15-16,18-24H2,1H3,(H,32,33,34). The summed E-state index contributed by atoms with van der Waals surface area (Å²) in [4.78, 5) is 29.6. The Kier molecular flexibility index (Phi) is 9.92. The lowest BCUT2D eigenvalue weighted by Crippen LogP contribution is -2.51. The molecule has 212 valence electrons. The molecule has 1 unspecified atom stereocenters. The van der Waals surface area contributed by atoms with Crippen LogP contribution in [0.25, 0.3) is 0 Å². The fourth-order valence-electron chi connectivity index (χ4n) is 6.18. The first-order valence-electron chi connectivity index (χ1n) is 15.3. The van der Waals surface area contributed by atoms with Crippen LogP contribution in [0.4, 0.5) is 11.8 Å². The zero-order chi connectivity index (χ0) is 26.9. The molecule has 39 heavy (non-hydrogen) atoms. The first kappa shape index (κ1) is 27.7. The van der Waals surface area contributed by atoms with Gasteiger partial charge in [-0.25, -0.2) is 4.98 Å². The van der Waals surface area contributed by atoms with Gasteiger partial charge in [-0.3, -0.25) is 9.69 Å². The van der Waals surface area contributed by atoms with E-state index in [1.165, 1.54) is 32.1 Å². The minimum Gasteiger partial charge on any atom is -0.494 e. The Morgan fingerprint density at radius 2 is 1.72 bits per heavy atom. The van der Waals surface area contributed by atoms with E-state index in [0.717, 1.165) is 101 Å². The Morgan fingerprint density at radius 1 is 0.949 bits per heavy atom. The number of piperidine rings is 2. The fourth-order valence-corrected chi connectivity index (χ4v) is 6.18. The molecule has 0 aliphatic carbocycles. The molecule has 0 saturated carbocycles. The van der Waals surface area contributed by atoms with Crippen LogP contribution in [0.15, 0.2) is 36.5 Å². The number of hydrogen-bond acceptors (Lipinski definition) is 7. The zero-order valence-electron chi connectivity index (χ0n) is 23.7. The van der Waals surface area contributed by atoms with Crippen molar-refractivity contribution in [2.24, 2.45) is 0 Å². The largest absolute Gasteiger partial charge is 0.494 e. The minimum atomic E-state index is 0.133. The van der Waals surface area contributed by atoms with Crippen molar-refractivity contribution in [3.8, 4) is 5.75 Å². The number of amides is 1. The van der Waals surface area contributed by atoms with Crippen LogP contribution in [0, 0.1) is 0 Å². The highest BCUT2D eigenvalue weighted by atomic mass is 16.5. The molecule has 0 bridgehead atoms. The number of ether oxygens (including phenoxy) is 1. The van der Waals surface area contributed by atoms with Crippen molar-refractivity contribution in [1.29, 1.82) is 0 Å². The summed E-state index contributed by atoms with van der Waals surface area (Å²) in [5.74, 6) is 2.78. The number of aromatic nitrogens is 2. The van der Waals surface area contributed by atoms with E-state index in [9.17, 15) is 4.79 Å². The van der Waals surface area contributed by atoms with Crippen LogP contribution in [0.1, 0.15) is 81.5 Å². The molecule has 2 aromatic rings. The van der Waals surface area contributed by atoms with Gasteiger partial charge in [-0.1, -0.05) is 26.2 Å². The molecule has 8 nitrogen and oxygen atoms in total. The topological polar surface area (TPSA) is 73.8 Å². The predicted molar refractivity (Wildman–Crippen MR) is 157 cm³/mol. The highest BCUT2D eigenvalue weighted by Gasteiger charge is 2.31. The number of nitrogens with zero attached hydrogens (tertiary/aromatic N) is 5. The molecular formula is C31H46N6O2. The monoisotopic (exact) mass is 534 g/mol. The summed E-state index contributed by atoms with van der Waals surface area (Å²) in [6.45, 7) is 8.83. The summed E-state index contributed by atoms with van der Waals surface area (Å²) < 4.78 is 5.75. The average molecular weight is 535 g/mol. The van der Waals surface area contributed by atoms with E-state index in [-0.39, 0.29) is 5.91 Å². The van der Waals surface area contributed by atoms with Crippen LogP contribution in [-0.4, -0.2) is 83.6 Å². The Balaban J connectivity index is 1.09. The molecule has 1 aromatic carbocycles. The van der Waals surface area contributed by atoms with E-state index < -0.39 is 0 Å². The van der Waals surface area contributed by atoms with Gasteiger partial charge in [0.2, 0.25) is 5.95 Å². The molecule has 4 heterocycles. The molecule has 1 amide bonds. The van der Waals surface area contributed by atoms with Gasteiger partial charge in [-0.2, -0.15) is 4.98 Å². The van der Waals surface area contributed by atoms with Gasteiger partial charge >= 0.3 is 0 Å². The molecule has 3 aliphatic rings. The number of rotatable bonds is 9. The quantitative estimate of drug-likeness (QED) is 0.442. The third-order valence-corrected chi connectivity index (χ3v) is 8.49. The predicted octanol–water partition coefficient (Wildman–Crippen LogP) is 5.22. The van der Waals surface area contributed by atoms with Gasteiger partial charge in [0.1, 0.15) is 11.6 Å². The maximum atomic E-state index is 13.1. The van der Waals surface area contributed by atoms with E-state index in [4.69, 9.17) is 9.72 Å². The molecule has 1 aromatic heterocycles. The number of nitrogens with one attached hydrogen (secondary N) is 1. The van der Waals surface area contributed by atoms with Crippen LogP contribution < -0.4 is 15.0 Å². The second-order valence-corrected chi connectivity index (χ2v) is 11.4. The number of likely N-dealkylation sites (tertiary alicyclic amines) is 2. The van der Waals surface area contributed by atoms with Gasteiger partial charge in [-0.05, 0) is 81.8 Å². The van der Waals surface area contributed by atoms with E-state index in [0.29, 0.717) is 12.1 Å². The summed E-state index contributed by atoms with van der Waals surface area (Å²) in [7, 11) is 0. The normalized spacial score (nSPS) is 21.4. The van der Waals surface area contributed by atoms with Crippen LogP contribution in [0.2, 0.25) is 0 Å². The van der Waals surface area contributed by atoms with Crippen molar-refractivity contribution < 1.29 is 9.53 Å². The molecule has 5 rings (SSSR count). The van der Waals surface area contributed by atoms with Crippen molar-refractivity contribution in [3.05, 3.63) is 42.1 Å². The highest BCUT2D eigenvalue weighted by Crippen LogP contribution is 2.25. The molecule has 8 heteroatoms. The van der Waals surface area contributed by atoms with Crippen molar-refractivity contribution in [3.63, 3.8) is 0 Å². The number of carbonyl (C=O) groups excluding carboxylic acids is 1. The van der Waals surface area contributed by atoms with E-state index in [2.05, 4.69) is 33.1 Å². The minimum absolute atomic E-state index is 0.133. The first-order valence-corrected chi connectivity index (χ1v) is 15.3. The van der Waals surface area contributed by atoms with E-state index >= 15 is 0 Å². The summed E-state index contributed by atoms with van der Waals surface area (Å²) in [5, 5.41) is 3.65. The van der Waals surface area contributed by atoms with Crippen molar-refractivity contribution >= 4 is 17.7 Å². The van der Waals surface area contributed by atoms with Crippen molar-refractivity contribution in [2.45, 2.75) is 83.2 Å². The number of anilines is 2. The van der Waals surface area contributed by atoms with Crippen LogP contribution in [0.5, 0.6) is 5.75 Å². The van der Waals surface area contributed by atoms with Gasteiger partial charge in [0.25, 0.3) is 5.91 Å². The van der Waals surface area contributed by atoms with Crippen LogP contribution >= 0.6 is 0 Å². The Bertz CT molecular complexity index is 1030. The summed E-state index contributed by atoms with van der Waals surface area (Å²) >= 11 is 0. The fraction of sp³-hybridized carbons (Fsp3) is 0.645. The van der Waals surface area contributed by atoms with Crippen LogP contribution in [-0.2, 0) is 0 Å². The van der Waals surface area contributed by atoms with E-state index in [1.807, 2.05) is 35.4 Å². The number of hydrogen-bond donors (Lipinski definition) is 1. The molecule has 3 fully saturated rings. The lowest BCUT2D eigenvalue weighted by atomic mass is 9.97. The average Bonchev–Trinajstić information content (AvgIpc) is 3.28. The van der Waals surface area contributed by atoms with Crippen molar-refractivity contribution in [1.82, 2.24) is 19.8 Å². The maximum absolute atomic E-state index is 13.1. The maximum Gasteiger partial charge on any atom is 0.253 e. The Morgan fingerprint density at radius 3 is 2.46 bits per heavy atom. The number of unbranched alkanes of at least 4 members (excludes halogenated alkanes) is 1. The Hall–Kier alpha value is -2.87. The molecular weight excluding hydrogens is 488 g/mol. The summed E-state index contributed by atoms with van der Waals surface area (Å²) in [6, 6.07) is 10.6. The molecule has 1 N–H and O–H groups in total. The molecule has 3 aliphatic heterocycles.